The van der Waals surface area contributed by atoms with Gasteiger partial charge in [-0.15, -0.1) is 0 Å². The van der Waals surface area contributed by atoms with Crippen molar-refractivity contribution in [2.45, 2.75) is 22.7 Å². The molecule has 2 aromatic rings. The molecule has 4 nitrogen and oxygen atoms in total. The minimum Gasteiger partial charge on any atom is -0.282 e. The monoisotopic (exact) mass is 381 g/mol. The summed E-state index contributed by atoms with van der Waals surface area (Å²) in [6.07, 6.45) is 0. The van der Waals surface area contributed by atoms with Gasteiger partial charge in [0.15, 0.2) is 0 Å². The normalized spacial score (nSPS) is 22.8. The molecule has 0 saturated carbocycles. The topological polar surface area (TPSA) is 46.6 Å². The zero-order chi connectivity index (χ0) is 15.7. The Morgan fingerprint density at radius 1 is 1.09 bits per heavy atom. The standard InChI is InChI=1S/C16H16BrNO3S/c1-12-7-9-14(10-8-12)22(19,20)18-16(15(17)11-21-18)13-5-3-2-4-6-13/h2-10,15-16H,11H2,1H3/t15-,16+/m1/s1. The van der Waals surface area contributed by atoms with Crippen LogP contribution in [0.2, 0.25) is 0 Å². The predicted molar refractivity (Wildman–Crippen MR) is 88.1 cm³/mol. The van der Waals surface area contributed by atoms with E-state index in [-0.39, 0.29) is 15.8 Å². The fraction of sp³-hybridized carbons (Fsp3) is 0.250. The fourth-order valence-electron chi connectivity index (χ4n) is 2.46. The molecule has 1 aliphatic heterocycles. The molecule has 1 fully saturated rings. The highest BCUT2D eigenvalue weighted by atomic mass is 79.9. The summed E-state index contributed by atoms with van der Waals surface area (Å²) in [5.41, 5.74) is 1.91. The van der Waals surface area contributed by atoms with Crippen molar-refractivity contribution in [1.82, 2.24) is 4.47 Å². The second-order valence-electron chi connectivity index (χ2n) is 5.24. The minimum absolute atomic E-state index is 0.0878. The van der Waals surface area contributed by atoms with Crippen LogP contribution in [0.5, 0.6) is 0 Å². The zero-order valence-corrected chi connectivity index (χ0v) is 14.4. The average Bonchev–Trinajstić information content (AvgIpc) is 2.91. The maximum Gasteiger partial charge on any atom is 0.265 e. The summed E-state index contributed by atoms with van der Waals surface area (Å²) in [5, 5.41) is 0. The second-order valence-corrected chi connectivity index (χ2v) is 8.20. The zero-order valence-electron chi connectivity index (χ0n) is 12.0. The molecule has 0 spiro atoms. The molecule has 3 rings (SSSR count). The van der Waals surface area contributed by atoms with Gasteiger partial charge in [-0.3, -0.25) is 4.84 Å². The van der Waals surface area contributed by atoms with E-state index < -0.39 is 10.0 Å². The van der Waals surface area contributed by atoms with E-state index in [4.69, 9.17) is 4.84 Å². The highest BCUT2D eigenvalue weighted by molar-refractivity contribution is 9.09. The summed E-state index contributed by atoms with van der Waals surface area (Å²) >= 11 is 3.53. The van der Waals surface area contributed by atoms with Gasteiger partial charge < -0.3 is 0 Å². The Morgan fingerprint density at radius 3 is 2.36 bits per heavy atom. The molecule has 0 N–H and O–H groups in total. The van der Waals surface area contributed by atoms with E-state index in [0.717, 1.165) is 15.6 Å². The SMILES string of the molecule is Cc1ccc(S(=O)(=O)N2OC[C@@H](Br)[C@@H]2c2ccccc2)cc1. The van der Waals surface area contributed by atoms with Crippen LogP contribution in [0.25, 0.3) is 0 Å². The summed E-state index contributed by atoms with van der Waals surface area (Å²) in [6, 6.07) is 15.9. The summed E-state index contributed by atoms with van der Waals surface area (Å²) < 4.78 is 26.8. The number of alkyl halides is 1. The summed E-state index contributed by atoms with van der Waals surface area (Å²) in [6.45, 7) is 2.23. The molecule has 0 aromatic heterocycles. The number of nitrogens with zero attached hydrogens (tertiary/aromatic N) is 1. The molecule has 0 radical (unpaired) electrons. The number of halogens is 1. The number of hydrogen-bond donors (Lipinski definition) is 0. The number of sulfonamides is 1. The van der Waals surface area contributed by atoms with Crippen molar-refractivity contribution in [2.24, 2.45) is 0 Å². The summed E-state index contributed by atoms with van der Waals surface area (Å²) in [4.78, 5) is 5.63. The van der Waals surface area contributed by atoms with Gasteiger partial charge >= 0.3 is 0 Å². The number of hydrogen-bond acceptors (Lipinski definition) is 3. The van der Waals surface area contributed by atoms with Gasteiger partial charge in [0.05, 0.1) is 22.4 Å². The summed E-state index contributed by atoms with van der Waals surface area (Å²) in [7, 11) is -3.70. The maximum atomic E-state index is 12.9. The molecule has 6 heteroatoms. The third-order valence-corrected chi connectivity index (χ3v) is 6.07. The van der Waals surface area contributed by atoms with Gasteiger partial charge in [-0.05, 0) is 24.6 Å². The smallest absolute Gasteiger partial charge is 0.265 e. The maximum absolute atomic E-state index is 12.9. The highest BCUT2D eigenvalue weighted by Gasteiger charge is 2.43. The molecular weight excluding hydrogens is 366 g/mol. The number of hydroxylamine groups is 1. The first-order valence-electron chi connectivity index (χ1n) is 6.93. The quantitative estimate of drug-likeness (QED) is 0.765. The number of aryl methyl sites for hydroxylation is 1. The van der Waals surface area contributed by atoms with Crippen LogP contribution >= 0.6 is 15.9 Å². The Hall–Kier alpha value is -1.21. The lowest BCUT2D eigenvalue weighted by molar-refractivity contribution is -0.0499. The molecule has 1 saturated heterocycles. The Labute approximate surface area is 138 Å². The van der Waals surface area contributed by atoms with Crippen molar-refractivity contribution in [3.8, 4) is 0 Å². The van der Waals surface area contributed by atoms with Gasteiger partial charge in [0.25, 0.3) is 10.0 Å². The first kappa shape index (κ1) is 15.7. The lowest BCUT2D eigenvalue weighted by Crippen LogP contribution is -2.31. The van der Waals surface area contributed by atoms with Crippen LogP contribution < -0.4 is 0 Å². The van der Waals surface area contributed by atoms with Crippen LogP contribution in [0.4, 0.5) is 0 Å². The molecule has 22 heavy (non-hydrogen) atoms. The van der Waals surface area contributed by atoms with Crippen molar-refractivity contribution in [2.75, 3.05) is 6.61 Å². The van der Waals surface area contributed by atoms with Crippen LogP contribution in [0.1, 0.15) is 17.2 Å². The molecule has 2 atom stereocenters. The molecule has 116 valence electrons. The highest BCUT2D eigenvalue weighted by Crippen LogP contribution is 2.38. The lowest BCUT2D eigenvalue weighted by atomic mass is 10.1. The molecular formula is C16H16BrNO3S. The molecule has 1 heterocycles. The van der Waals surface area contributed by atoms with Gasteiger partial charge in [0.2, 0.25) is 0 Å². The van der Waals surface area contributed by atoms with E-state index in [9.17, 15) is 8.42 Å². The first-order valence-corrected chi connectivity index (χ1v) is 9.29. The van der Waals surface area contributed by atoms with Gasteiger partial charge in [0, 0.05) is 0 Å². The average molecular weight is 382 g/mol. The summed E-state index contributed by atoms with van der Waals surface area (Å²) in [5.74, 6) is 0. The van der Waals surface area contributed by atoms with E-state index in [1.54, 1.807) is 24.3 Å². The molecule has 2 aromatic carbocycles. The van der Waals surface area contributed by atoms with E-state index >= 15 is 0 Å². The fourth-order valence-corrected chi connectivity index (χ4v) is 4.71. The van der Waals surface area contributed by atoms with Crippen molar-refractivity contribution in [3.63, 3.8) is 0 Å². The van der Waals surface area contributed by atoms with Crippen LogP contribution in [-0.2, 0) is 14.9 Å². The Balaban J connectivity index is 2.00. The van der Waals surface area contributed by atoms with Crippen LogP contribution in [0, 0.1) is 6.92 Å². The largest absolute Gasteiger partial charge is 0.282 e. The molecule has 1 aliphatic rings. The number of rotatable bonds is 3. The lowest BCUT2D eigenvalue weighted by Gasteiger charge is -2.23. The third kappa shape index (κ3) is 2.84. The van der Waals surface area contributed by atoms with Gasteiger partial charge in [-0.1, -0.05) is 68.4 Å². The molecule has 0 aliphatic carbocycles. The first-order chi connectivity index (χ1) is 10.5. The predicted octanol–water partition coefficient (Wildman–Crippen LogP) is 3.44. The molecule has 0 bridgehead atoms. The van der Waals surface area contributed by atoms with Crippen molar-refractivity contribution < 1.29 is 13.3 Å². The van der Waals surface area contributed by atoms with Crippen molar-refractivity contribution in [3.05, 3.63) is 65.7 Å². The Morgan fingerprint density at radius 2 is 1.73 bits per heavy atom. The third-order valence-electron chi connectivity index (χ3n) is 3.63. The van der Waals surface area contributed by atoms with Crippen LogP contribution in [-0.4, -0.2) is 24.3 Å². The Bertz CT molecular complexity index is 747. The van der Waals surface area contributed by atoms with Crippen molar-refractivity contribution in [1.29, 1.82) is 0 Å². The number of benzene rings is 2. The van der Waals surface area contributed by atoms with E-state index in [1.807, 2.05) is 37.3 Å². The van der Waals surface area contributed by atoms with E-state index in [1.165, 1.54) is 0 Å². The van der Waals surface area contributed by atoms with E-state index in [0.29, 0.717) is 6.61 Å². The van der Waals surface area contributed by atoms with Gasteiger partial charge in [-0.25, -0.2) is 8.42 Å². The molecule has 0 amide bonds. The molecule has 0 unspecified atom stereocenters. The van der Waals surface area contributed by atoms with Gasteiger partial charge in [0.1, 0.15) is 0 Å². The second kappa shape index (κ2) is 6.12. The van der Waals surface area contributed by atoms with Crippen LogP contribution in [0.3, 0.4) is 0 Å². The Kier molecular flexibility index (Phi) is 4.36. The van der Waals surface area contributed by atoms with Gasteiger partial charge in [-0.2, -0.15) is 0 Å². The van der Waals surface area contributed by atoms with Crippen LogP contribution in [0.15, 0.2) is 59.5 Å². The van der Waals surface area contributed by atoms with Crippen molar-refractivity contribution >= 4 is 26.0 Å². The van der Waals surface area contributed by atoms with E-state index in [2.05, 4.69) is 15.9 Å². The minimum atomic E-state index is -3.70.